The van der Waals surface area contributed by atoms with Crippen LogP contribution >= 0.6 is 34.8 Å². The zero-order chi connectivity index (χ0) is 27.2. The lowest BCUT2D eigenvalue weighted by Gasteiger charge is -2.30. The molecule has 0 spiro atoms. The van der Waals surface area contributed by atoms with Gasteiger partial charge >= 0.3 is 0 Å². The quantitative estimate of drug-likeness (QED) is 0.386. The molecule has 11 heteroatoms. The number of hydrogen-bond acceptors (Lipinski definition) is 4. The smallest absolute Gasteiger partial charge is 0.242 e. The van der Waals surface area contributed by atoms with Crippen LogP contribution < -0.4 is 9.62 Å². The molecule has 0 bridgehead atoms. The van der Waals surface area contributed by atoms with Crippen LogP contribution in [0.1, 0.15) is 44.7 Å². The number of nitrogens with one attached hydrogen (secondary N) is 1. The van der Waals surface area contributed by atoms with E-state index in [2.05, 4.69) is 5.32 Å². The fourth-order valence-corrected chi connectivity index (χ4v) is 5.37. The number of halogens is 3. The van der Waals surface area contributed by atoms with Crippen LogP contribution in [0.5, 0.6) is 0 Å². The summed E-state index contributed by atoms with van der Waals surface area (Å²) in [6.45, 7) is 7.20. The largest absolute Gasteiger partial charge is 0.352 e. The second kappa shape index (κ2) is 13.0. The van der Waals surface area contributed by atoms with E-state index in [1.54, 1.807) is 50.2 Å². The van der Waals surface area contributed by atoms with Crippen LogP contribution in [0.4, 0.5) is 5.69 Å². The predicted octanol–water partition coefficient (Wildman–Crippen LogP) is 5.44. The maximum absolute atomic E-state index is 13.4. The number of sulfonamides is 1. The first-order chi connectivity index (χ1) is 16.7. The SMILES string of the molecule is Cc1ccc(Cl)cc1N(CCCC(=O)N(Cc1c(Cl)cccc1Cl)[C@@H](C)C(=O)NC(C)C)S(C)(=O)=O. The molecule has 198 valence electrons. The Morgan fingerprint density at radius 1 is 1.03 bits per heavy atom. The Morgan fingerprint density at radius 3 is 2.19 bits per heavy atom. The van der Waals surface area contributed by atoms with Gasteiger partial charge in [-0.1, -0.05) is 46.9 Å². The molecule has 36 heavy (non-hydrogen) atoms. The Bertz CT molecular complexity index is 1180. The van der Waals surface area contributed by atoms with E-state index in [1.165, 1.54) is 9.21 Å². The average Bonchev–Trinajstić information content (AvgIpc) is 2.76. The summed E-state index contributed by atoms with van der Waals surface area (Å²) in [6.07, 6.45) is 1.34. The van der Waals surface area contributed by atoms with Crippen LogP contribution in [-0.4, -0.2) is 50.0 Å². The maximum atomic E-state index is 13.4. The summed E-state index contributed by atoms with van der Waals surface area (Å²) in [5, 5.41) is 4.00. The van der Waals surface area contributed by atoms with Crippen molar-refractivity contribution >= 4 is 62.3 Å². The predicted molar refractivity (Wildman–Crippen MR) is 147 cm³/mol. The van der Waals surface area contributed by atoms with E-state index in [0.29, 0.717) is 26.3 Å². The van der Waals surface area contributed by atoms with Crippen molar-refractivity contribution in [3.63, 3.8) is 0 Å². The average molecular weight is 577 g/mol. The van der Waals surface area contributed by atoms with Crippen molar-refractivity contribution in [2.45, 2.75) is 59.2 Å². The number of rotatable bonds is 11. The van der Waals surface area contributed by atoms with Crippen LogP contribution in [0.25, 0.3) is 0 Å². The Kier molecular flexibility index (Phi) is 10.9. The van der Waals surface area contributed by atoms with Gasteiger partial charge in [-0.2, -0.15) is 0 Å². The van der Waals surface area contributed by atoms with E-state index in [4.69, 9.17) is 34.8 Å². The zero-order valence-corrected chi connectivity index (χ0v) is 24.1. The van der Waals surface area contributed by atoms with Gasteiger partial charge in [-0.25, -0.2) is 8.42 Å². The van der Waals surface area contributed by atoms with E-state index < -0.39 is 16.1 Å². The molecule has 0 saturated heterocycles. The van der Waals surface area contributed by atoms with Crippen LogP contribution in [0.3, 0.4) is 0 Å². The number of carbonyl (C=O) groups is 2. The lowest BCUT2D eigenvalue weighted by molar-refractivity contribution is -0.140. The van der Waals surface area contributed by atoms with E-state index in [0.717, 1.165) is 11.8 Å². The number of aryl methyl sites for hydroxylation is 1. The van der Waals surface area contributed by atoms with Crippen LogP contribution in [0, 0.1) is 6.92 Å². The highest BCUT2D eigenvalue weighted by atomic mass is 35.5. The first kappa shape index (κ1) is 30.2. The first-order valence-corrected chi connectivity index (χ1v) is 14.5. The van der Waals surface area contributed by atoms with Crippen molar-refractivity contribution in [2.75, 3.05) is 17.1 Å². The number of nitrogens with zero attached hydrogens (tertiary/aromatic N) is 2. The lowest BCUT2D eigenvalue weighted by atomic mass is 10.1. The summed E-state index contributed by atoms with van der Waals surface area (Å²) in [5.74, 6) is -0.637. The minimum absolute atomic E-state index is 0.00695. The Balaban J connectivity index is 2.26. The molecule has 0 aromatic heterocycles. The molecule has 2 aromatic rings. The van der Waals surface area contributed by atoms with Gasteiger partial charge in [0.15, 0.2) is 0 Å². The molecule has 2 aromatic carbocycles. The molecular weight excluding hydrogens is 545 g/mol. The second-order valence-electron chi connectivity index (χ2n) is 8.93. The second-order valence-corrected chi connectivity index (χ2v) is 12.1. The topological polar surface area (TPSA) is 86.8 Å². The van der Waals surface area contributed by atoms with Crippen molar-refractivity contribution in [3.8, 4) is 0 Å². The molecule has 0 aliphatic heterocycles. The molecule has 0 aliphatic rings. The number of amides is 2. The third-order valence-electron chi connectivity index (χ3n) is 5.58. The summed E-state index contributed by atoms with van der Waals surface area (Å²) >= 11 is 18.8. The molecule has 0 aliphatic carbocycles. The van der Waals surface area contributed by atoms with Crippen LogP contribution in [0.2, 0.25) is 15.1 Å². The van der Waals surface area contributed by atoms with Gasteiger partial charge in [-0.15, -0.1) is 0 Å². The van der Waals surface area contributed by atoms with Gasteiger partial charge in [-0.3, -0.25) is 13.9 Å². The van der Waals surface area contributed by atoms with Crippen molar-refractivity contribution in [1.82, 2.24) is 10.2 Å². The van der Waals surface area contributed by atoms with Crippen molar-refractivity contribution in [2.24, 2.45) is 0 Å². The summed E-state index contributed by atoms with van der Waals surface area (Å²) in [6, 6.07) is 9.15. The molecule has 2 amide bonds. The third-order valence-corrected chi connectivity index (χ3v) is 7.70. The first-order valence-electron chi connectivity index (χ1n) is 11.5. The number of anilines is 1. The highest BCUT2D eigenvalue weighted by Gasteiger charge is 2.28. The molecule has 0 radical (unpaired) electrons. The van der Waals surface area contributed by atoms with Gasteiger partial charge in [0.25, 0.3) is 0 Å². The molecule has 0 unspecified atom stereocenters. The molecule has 2 rings (SSSR count). The molecule has 0 saturated carbocycles. The molecule has 1 N–H and O–H groups in total. The number of hydrogen-bond donors (Lipinski definition) is 1. The number of benzene rings is 2. The Hall–Kier alpha value is -2.00. The standard InChI is InChI=1S/C25H32Cl3N3O4S/c1-16(2)29-25(33)18(4)30(15-20-21(27)8-6-9-22(20)28)24(32)10-7-13-31(36(5,34)35)23-14-19(26)12-11-17(23)3/h6,8-9,11-12,14,16,18H,7,10,13,15H2,1-5H3,(H,29,33)/t18-/m0/s1. The van der Waals surface area contributed by atoms with E-state index >= 15 is 0 Å². The molecule has 0 fully saturated rings. The van der Waals surface area contributed by atoms with E-state index in [9.17, 15) is 18.0 Å². The monoisotopic (exact) mass is 575 g/mol. The van der Waals surface area contributed by atoms with Gasteiger partial charge in [-0.05, 0) is 63.9 Å². The van der Waals surface area contributed by atoms with E-state index in [-0.39, 0.29) is 43.8 Å². The van der Waals surface area contributed by atoms with Crippen molar-refractivity contribution in [3.05, 3.63) is 62.6 Å². The maximum Gasteiger partial charge on any atom is 0.242 e. The zero-order valence-electron chi connectivity index (χ0n) is 21.0. The Labute approximate surface area is 228 Å². The van der Waals surface area contributed by atoms with Gasteiger partial charge in [0.1, 0.15) is 6.04 Å². The van der Waals surface area contributed by atoms with Gasteiger partial charge < -0.3 is 10.2 Å². The molecule has 1 atom stereocenters. The van der Waals surface area contributed by atoms with Gasteiger partial charge in [0.2, 0.25) is 21.8 Å². The normalized spacial score (nSPS) is 12.4. The highest BCUT2D eigenvalue weighted by molar-refractivity contribution is 7.92. The van der Waals surface area contributed by atoms with Crippen LogP contribution in [0.15, 0.2) is 36.4 Å². The minimum Gasteiger partial charge on any atom is -0.352 e. The summed E-state index contributed by atoms with van der Waals surface area (Å²) in [5.41, 5.74) is 1.73. The Morgan fingerprint density at radius 2 is 1.64 bits per heavy atom. The fourth-order valence-electron chi connectivity index (χ4n) is 3.68. The summed E-state index contributed by atoms with van der Waals surface area (Å²) < 4.78 is 26.3. The summed E-state index contributed by atoms with van der Waals surface area (Å²) in [4.78, 5) is 27.5. The molecule has 7 nitrogen and oxygen atoms in total. The van der Waals surface area contributed by atoms with Gasteiger partial charge in [0.05, 0.1) is 11.9 Å². The minimum atomic E-state index is -3.63. The lowest BCUT2D eigenvalue weighted by Crippen LogP contribution is -2.49. The number of carbonyl (C=O) groups excluding carboxylic acids is 2. The van der Waals surface area contributed by atoms with Gasteiger partial charge in [0, 0.05) is 46.2 Å². The molecular formula is C25H32Cl3N3O4S. The van der Waals surface area contributed by atoms with E-state index in [1.807, 2.05) is 13.8 Å². The highest BCUT2D eigenvalue weighted by Crippen LogP contribution is 2.28. The van der Waals surface area contributed by atoms with Crippen molar-refractivity contribution in [1.29, 1.82) is 0 Å². The van der Waals surface area contributed by atoms with Crippen LogP contribution in [-0.2, 0) is 26.2 Å². The fraction of sp³-hybridized carbons (Fsp3) is 0.440. The molecule has 0 heterocycles. The summed E-state index contributed by atoms with van der Waals surface area (Å²) in [7, 11) is -3.63. The third kappa shape index (κ3) is 8.26. The van der Waals surface area contributed by atoms with Crippen molar-refractivity contribution < 1.29 is 18.0 Å².